The van der Waals surface area contributed by atoms with Crippen LogP contribution in [0.1, 0.15) is 55.7 Å². The van der Waals surface area contributed by atoms with Crippen molar-refractivity contribution in [2.45, 2.75) is 63.6 Å². The van der Waals surface area contributed by atoms with Gasteiger partial charge in [-0.05, 0) is 31.2 Å². The van der Waals surface area contributed by atoms with Crippen molar-refractivity contribution < 1.29 is 9.53 Å². The molecule has 1 aliphatic rings. The van der Waals surface area contributed by atoms with Crippen molar-refractivity contribution in [2.24, 2.45) is 5.73 Å². The molecule has 2 aromatic rings. The summed E-state index contributed by atoms with van der Waals surface area (Å²) in [7, 11) is 1.63. The van der Waals surface area contributed by atoms with Crippen LogP contribution in [0.4, 0.5) is 0 Å². The second-order valence-corrected chi connectivity index (χ2v) is 7.46. The van der Waals surface area contributed by atoms with Gasteiger partial charge >= 0.3 is 0 Å². The summed E-state index contributed by atoms with van der Waals surface area (Å²) in [4.78, 5) is 16.6. The normalized spacial score (nSPS) is 21.4. The molecule has 160 valence electrons. The van der Waals surface area contributed by atoms with E-state index in [4.69, 9.17) is 15.5 Å². The molecule has 29 heavy (non-hydrogen) atoms. The highest BCUT2D eigenvalue weighted by atomic mass is 35.5. The van der Waals surface area contributed by atoms with E-state index in [1.54, 1.807) is 7.05 Å². The fraction of sp³-hybridized carbons (Fsp3) is 0.571. The van der Waals surface area contributed by atoms with Crippen molar-refractivity contribution in [3.63, 3.8) is 0 Å². The van der Waals surface area contributed by atoms with E-state index in [1.165, 1.54) is 0 Å². The standard InChI is InChI=1S/C21H31N5O2.ClH/c1-3-11-28-18-12-16(9-10-17(18)22)21-24-19(13-20(27)23-2)25-26(21)14-15-7-5-4-6-8-15;/h4-8,16-18H,3,9-14,22H2,1-2H3,(H,23,27);1H/t16-,17-,18-;/m0./s1. The highest BCUT2D eigenvalue weighted by molar-refractivity contribution is 5.85. The van der Waals surface area contributed by atoms with Gasteiger partial charge in [0.05, 0.1) is 19.1 Å². The van der Waals surface area contributed by atoms with Crippen LogP contribution in [0.2, 0.25) is 0 Å². The molecule has 1 aromatic heterocycles. The Bertz CT molecular complexity index is 768. The zero-order valence-electron chi connectivity index (χ0n) is 17.2. The molecule has 8 heteroatoms. The SMILES string of the molecule is CCCO[C@H]1C[C@@H](c2nc(CC(=O)NC)nn2Cc2ccccc2)CC[C@@H]1N.Cl. The highest BCUT2D eigenvalue weighted by Crippen LogP contribution is 2.33. The molecule has 1 fully saturated rings. The maximum absolute atomic E-state index is 11.8. The number of hydrogen-bond acceptors (Lipinski definition) is 5. The Balaban J connectivity index is 0.00000300. The van der Waals surface area contributed by atoms with E-state index < -0.39 is 0 Å². The summed E-state index contributed by atoms with van der Waals surface area (Å²) < 4.78 is 7.95. The Morgan fingerprint density at radius 2 is 2.07 bits per heavy atom. The summed E-state index contributed by atoms with van der Waals surface area (Å²) in [5, 5.41) is 7.29. The topological polar surface area (TPSA) is 95.1 Å². The van der Waals surface area contributed by atoms with Gasteiger partial charge in [0.25, 0.3) is 0 Å². The third-order valence-corrected chi connectivity index (χ3v) is 5.26. The molecule has 3 N–H and O–H groups in total. The number of amides is 1. The molecule has 0 aliphatic heterocycles. The number of nitrogens with two attached hydrogens (primary N) is 1. The van der Waals surface area contributed by atoms with Crippen LogP contribution in [-0.2, 0) is 22.5 Å². The zero-order chi connectivity index (χ0) is 19.9. The van der Waals surface area contributed by atoms with Crippen LogP contribution in [0, 0.1) is 0 Å². The highest BCUT2D eigenvalue weighted by Gasteiger charge is 2.32. The molecular formula is C21H32ClN5O2. The minimum atomic E-state index is -0.0850. The molecule has 0 unspecified atom stereocenters. The monoisotopic (exact) mass is 421 g/mol. The van der Waals surface area contributed by atoms with Gasteiger partial charge < -0.3 is 15.8 Å². The quantitative estimate of drug-likeness (QED) is 0.682. The van der Waals surface area contributed by atoms with Crippen LogP contribution in [0.25, 0.3) is 0 Å². The van der Waals surface area contributed by atoms with Gasteiger partial charge in [-0.15, -0.1) is 12.4 Å². The summed E-state index contributed by atoms with van der Waals surface area (Å²) in [5.41, 5.74) is 7.45. The van der Waals surface area contributed by atoms with E-state index in [9.17, 15) is 4.79 Å². The Hall–Kier alpha value is -1.96. The maximum Gasteiger partial charge on any atom is 0.227 e. The molecule has 3 rings (SSSR count). The number of halogens is 1. The number of nitrogens with one attached hydrogen (secondary N) is 1. The van der Waals surface area contributed by atoms with Crippen LogP contribution in [-0.4, -0.2) is 46.5 Å². The number of carbonyl (C=O) groups excluding carboxylic acids is 1. The smallest absolute Gasteiger partial charge is 0.227 e. The van der Waals surface area contributed by atoms with Gasteiger partial charge in [-0.2, -0.15) is 5.10 Å². The van der Waals surface area contributed by atoms with Crippen molar-refractivity contribution >= 4 is 18.3 Å². The first-order valence-corrected chi connectivity index (χ1v) is 10.2. The third-order valence-electron chi connectivity index (χ3n) is 5.26. The van der Waals surface area contributed by atoms with Crippen LogP contribution in [0.15, 0.2) is 30.3 Å². The van der Waals surface area contributed by atoms with Gasteiger partial charge in [-0.1, -0.05) is 37.3 Å². The molecular weight excluding hydrogens is 390 g/mol. The predicted molar refractivity (Wildman–Crippen MR) is 115 cm³/mol. The van der Waals surface area contributed by atoms with Crippen LogP contribution >= 0.6 is 12.4 Å². The van der Waals surface area contributed by atoms with Gasteiger partial charge in [0, 0.05) is 25.6 Å². The number of ether oxygens (including phenoxy) is 1. The molecule has 1 saturated carbocycles. The summed E-state index contributed by atoms with van der Waals surface area (Å²) >= 11 is 0. The fourth-order valence-corrected chi connectivity index (χ4v) is 3.73. The number of aromatic nitrogens is 3. The predicted octanol–water partition coefficient (Wildman–Crippen LogP) is 2.43. The minimum Gasteiger partial charge on any atom is -0.377 e. The van der Waals surface area contributed by atoms with E-state index in [0.29, 0.717) is 12.4 Å². The van der Waals surface area contributed by atoms with Gasteiger partial charge in [0.15, 0.2) is 5.82 Å². The molecule has 1 aliphatic carbocycles. The first-order valence-electron chi connectivity index (χ1n) is 10.2. The van der Waals surface area contributed by atoms with Gasteiger partial charge in [-0.25, -0.2) is 9.67 Å². The minimum absolute atomic E-state index is 0. The molecule has 0 spiro atoms. The molecule has 1 amide bonds. The molecule has 0 radical (unpaired) electrons. The van der Waals surface area contributed by atoms with Crippen molar-refractivity contribution in [3.8, 4) is 0 Å². The summed E-state index contributed by atoms with van der Waals surface area (Å²) in [6, 6.07) is 10.3. The fourth-order valence-electron chi connectivity index (χ4n) is 3.73. The van der Waals surface area contributed by atoms with E-state index in [2.05, 4.69) is 29.5 Å². The summed E-state index contributed by atoms with van der Waals surface area (Å²) in [6.45, 7) is 3.47. The Labute approximate surface area is 178 Å². The Morgan fingerprint density at radius 1 is 1.31 bits per heavy atom. The summed E-state index contributed by atoms with van der Waals surface area (Å²) in [6.07, 6.45) is 3.92. The van der Waals surface area contributed by atoms with E-state index in [-0.39, 0.29) is 42.8 Å². The van der Waals surface area contributed by atoms with Gasteiger partial charge in [0.1, 0.15) is 5.82 Å². The molecule has 1 aromatic carbocycles. The van der Waals surface area contributed by atoms with Gasteiger partial charge in [-0.3, -0.25) is 4.79 Å². The average molecular weight is 422 g/mol. The van der Waals surface area contributed by atoms with Gasteiger partial charge in [0.2, 0.25) is 5.91 Å². The molecule has 0 saturated heterocycles. The number of hydrogen-bond donors (Lipinski definition) is 2. The number of carbonyl (C=O) groups is 1. The van der Waals surface area contributed by atoms with Crippen molar-refractivity contribution in [2.75, 3.05) is 13.7 Å². The number of benzene rings is 1. The number of rotatable bonds is 8. The lowest BCUT2D eigenvalue weighted by molar-refractivity contribution is -0.120. The maximum atomic E-state index is 11.8. The van der Waals surface area contributed by atoms with E-state index >= 15 is 0 Å². The Kier molecular flexibility index (Phi) is 9.07. The van der Waals surface area contributed by atoms with E-state index in [1.807, 2.05) is 22.9 Å². The Morgan fingerprint density at radius 3 is 2.76 bits per heavy atom. The first kappa shape index (κ1) is 23.3. The van der Waals surface area contributed by atoms with Crippen LogP contribution in [0.3, 0.4) is 0 Å². The number of nitrogens with zero attached hydrogens (tertiary/aromatic N) is 3. The zero-order valence-corrected chi connectivity index (χ0v) is 18.0. The lowest BCUT2D eigenvalue weighted by Crippen LogP contribution is -2.42. The molecule has 7 nitrogen and oxygen atoms in total. The van der Waals surface area contributed by atoms with Crippen molar-refractivity contribution in [3.05, 3.63) is 47.5 Å². The lowest BCUT2D eigenvalue weighted by atomic mass is 9.83. The summed E-state index contributed by atoms with van der Waals surface area (Å²) in [5.74, 6) is 1.64. The van der Waals surface area contributed by atoms with E-state index in [0.717, 1.165) is 43.7 Å². The van der Waals surface area contributed by atoms with Crippen molar-refractivity contribution in [1.82, 2.24) is 20.1 Å². The average Bonchev–Trinajstić information content (AvgIpc) is 3.10. The largest absolute Gasteiger partial charge is 0.377 e. The van der Waals surface area contributed by atoms with Crippen molar-refractivity contribution in [1.29, 1.82) is 0 Å². The molecule has 3 atom stereocenters. The second kappa shape index (κ2) is 11.3. The van der Waals surface area contributed by atoms with Crippen LogP contribution in [0.5, 0.6) is 0 Å². The molecule has 1 heterocycles. The molecule has 0 bridgehead atoms. The van der Waals surface area contributed by atoms with Crippen LogP contribution < -0.4 is 11.1 Å². The first-order chi connectivity index (χ1) is 13.6. The second-order valence-electron chi connectivity index (χ2n) is 7.46. The lowest BCUT2D eigenvalue weighted by Gasteiger charge is -2.33. The third kappa shape index (κ3) is 6.26. The number of likely N-dealkylation sites (N-methyl/N-ethyl adjacent to an activating group) is 1.